The first kappa shape index (κ1) is 18.7. The fourth-order valence-electron chi connectivity index (χ4n) is 2.97. The maximum atomic E-state index is 12.9. The van der Waals surface area contributed by atoms with Gasteiger partial charge < -0.3 is 14.4 Å². The van der Waals surface area contributed by atoms with E-state index in [4.69, 9.17) is 9.47 Å². The maximum Gasteiger partial charge on any atom is 0.263 e. The molecule has 0 aliphatic carbocycles. The van der Waals surface area contributed by atoms with Crippen LogP contribution in [0.2, 0.25) is 0 Å². The van der Waals surface area contributed by atoms with Crippen molar-refractivity contribution in [3.05, 3.63) is 66.4 Å². The van der Waals surface area contributed by atoms with Crippen LogP contribution in [-0.2, 0) is 11.3 Å². The molecule has 0 fully saturated rings. The number of methoxy groups -OCH3 is 1. The number of likely N-dealkylation sites (N-methyl/N-ethyl adjacent to an activating group) is 1. The lowest BCUT2D eigenvalue weighted by Gasteiger charge is -2.24. The number of hydrogen-bond acceptors (Lipinski definition) is 4. The summed E-state index contributed by atoms with van der Waals surface area (Å²) in [5.74, 6) is 1.28. The van der Waals surface area contributed by atoms with Gasteiger partial charge in [0.2, 0.25) is 0 Å². The number of hydrogen-bond donors (Lipinski definition) is 0. The van der Waals surface area contributed by atoms with Gasteiger partial charge in [0.15, 0.2) is 6.10 Å². The Morgan fingerprint density at radius 1 is 1.11 bits per heavy atom. The van der Waals surface area contributed by atoms with Crippen LogP contribution in [0.4, 0.5) is 0 Å². The second kappa shape index (κ2) is 8.54. The van der Waals surface area contributed by atoms with Crippen LogP contribution in [0.5, 0.6) is 11.5 Å². The highest BCUT2D eigenvalue weighted by Crippen LogP contribution is 2.21. The lowest BCUT2D eigenvalue weighted by molar-refractivity contribution is -0.138. The highest BCUT2D eigenvalue weighted by molar-refractivity contribution is 5.82. The fourth-order valence-corrected chi connectivity index (χ4v) is 2.97. The predicted molar refractivity (Wildman–Crippen MR) is 106 cm³/mol. The van der Waals surface area contributed by atoms with Gasteiger partial charge in [0, 0.05) is 31.2 Å². The van der Waals surface area contributed by atoms with Gasteiger partial charge >= 0.3 is 0 Å². The Morgan fingerprint density at radius 3 is 2.70 bits per heavy atom. The van der Waals surface area contributed by atoms with Crippen LogP contribution in [0.3, 0.4) is 0 Å². The van der Waals surface area contributed by atoms with E-state index in [0.717, 1.165) is 16.5 Å². The lowest BCUT2D eigenvalue weighted by atomic mass is 10.1. The molecular weight excluding hydrogens is 340 g/mol. The monoisotopic (exact) mass is 364 g/mol. The van der Waals surface area contributed by atoms with Crippen molar-refractivity contribution in [1.82, 2.24) is 9.88 Å². The number of amides is 1. The normalized spacial score (nSPS) is 11.8. The second-order valence-corrected chi connectivity index (χ2v) is 6.42. The van der Waals surface area contributed by atoms with E-state index in [1.165, 1.54) is 0 Å². The van der Waals surface area contributed by atoms with Crippen LogP contribution < -0.4 is 9.47 Å². The Balaban J connectivity index is 1.69. The van der Waals surface area contributed by atoms with E-state index in [1.807, 2.05) is 49.4 Å². The maximum absolute atomic E-state index is 12.9. The topological polar surface area (TPSA) is 51.7 Å². The van der Waals surface area contributed by atoms with E-state index < -0.39 is 6.10 Å². The van der Waals surface area contributed by atoms with Crippen LogP contribution >= 0.6 is 0 Å². The Labute approximate surface area is 159 Å². The molecule has 5 heteroatoms. The molecule has 1 aromatic heterocycles. The first-order valence-corrected chi connectivity index (χ1v) is 9.00. The van der Waals surface area contributed by atoms with Crippen LogP contribution in [-0.4, -0.2) is 36.1 Å². The molecule has 0 saturated carbocycles. The summed E-state index contributed by atoms with van der Waals surface area (Å²) in [7, 11) is 3.40. The molecule has 0 aliphatic rings. The number of benzene rings is 2. The molecule has 5 nitrogen and oxygen atoms in total. The minimum atomic E-state index is -0.538. The van der Waals surface area contributed by atoms with Gasteiger partial charge in [-0.3, -0.25) is 9.78 Å². The van der Waals surface area contributed by atoms with E-state index in [0.29, 0.717) is 24.5 Å². The second-order valence-electron chi connectivity index (χ2n) is 6.42. The number of carbonyl (C=O) groups is 1. The summed E-state index contributed by atoms with van der Waals surface area (Å²) in [4.78, 5) is 18.9. The van der Waals surface area contributed by atoms with Crippen molar-refractivity contribution in [3.8, 4) is 11.5 Å². The molecule has 0 aliphatic heterocycles. The summed E-state index contributed by atoms with van der Waals surface area (Å²) >= 11 is 0. The summed E-state index contributed by atoms with van der Waals surface area (Å²) in [6.07, 6.45) is 1.82. The third-order valence-electron chi connectivity index (χ3n) is 4.43. The standard InChI is InChI=1S/C22H24N2O3/c1-4-21(27-19-9-5-8-18(14-19)26-3)22(25)24(2)15-16-10-11-20-17(13-16)7-6-12-23-20/h5-14,21H,4,15H2,1-3H3. The summed E-state index contributed by atoms with van der Waals surface area (Å²) in [6, 6.07) is 17.3. The fraction of sp³-hybridized carbons (Fsp3) is 0.273. The zero-order valence-corrected chi connectivity index (χ0v) is 15.9. The molecule has 0 spiro atoms. The molecule has 1 heterocycles. The minimum Gasteiger partial charge on any atom is -0.497 e. The summed E-state index contributed by atoms with van der Waals surface area (Å²) in [5, 5.41) is 1.07. The largest absolute Gasteiger partial charge is 0.497 e. The average molecular weight is 364 g/mol. The number of ether oxygens (including phenoxy) is 2. The number of carbonyl (C=O) groups excluding carboxylic acids is 1. The molecule has 1 unspecified atom stereocenters. The zero-order valence-electron chi connectivity index (χ0n) is 15.9. The molecule has 3 rings (SSSR count). The SMILES string of the molecule is CCC(Oc1cccc(OC)c1)C(=O)N(C)Cc1ccc2ncccc2c1. The quantitative estimate of drug-likeness (QED) is 0.634. The minimum absolute atomic E-state index is 0.0494. The third-order valence-corrected chi connectivity index (χ3v) is 4.43. The van der Waals surface area contributed by atoms with Crippen LogP contribution in [0.15, 0.2) is 60.8 Å². The Hall–Kier alpha value is -3.08. The first-order chi connectivity index (χ1) is 13.1. The van der Waals surface area contributed by atoms with Crippen molar-refractivity contribution in [2.24, 2.45) is 0 Å². The van der Waals surface area contributed by atoms with E-state index >= 15 is 0 Å². The molecule has 2 aromatic carbocycles. The van der Waals surface area contributed by atoms with E-state index in [-0.39, 0.29) is 5.91 Å². The van der Waals surface area contributed by atoms with Crippen LogP contribution in [0.1, 0.15) is 18.9 Å². The molecule has 1 amide bonds. The molecular formula is C22H24N2O3. The van der Waals surface area contributed by atoms with Gasteiger partial charge in [0.25, 0.3) is 5.91 Å². The number of fused-ring (bicyclic) bond motifs is 1. The van der Waals surface area contributed by atoms with Gasteiger partial charge in [-0.15, -0.1) is 0 Å². The Kier molecular flexibility index (Phi) is 5.91. The van der Waals surface area contributed by atoms with Gasteiger partial charge in [-0.05, 0) is 42.3 Å². The molecule has 140 valence electrons. The molecule has 0 radical (unpaired) electrons. The van der Waals surface area contributed by atoms with E-state index in [2.05, 4.69) is 11.1 Å². The average Bonchev–Trinajstić information content (AvgIpc) is 2.71. The van der Waals surface area contributed by atoms with Crippen molar-refractivity contribution in [1.29, 1.82) is 0 Å². The summed E-state index contributed by atoms with van der Waals surface area (Å²) < 4.78 is 11.1. The molecule has 1 atom stereocenters. The number of aromatic nitrogens is 1. The molecule has 0 bridgehead atoms. The van der Waals surface area contributed by atoms with Gasteiger partial charge in [-0.2, -0.15) is 0 Å². The molecule has 0 N–H and O–H groups in total. The van der Waals surface area contributed by atoms with Crippen LogP contribution in [0.25, 0.3) is 10.9 Å². The van der Waals surface area contributed by atoms with Crippen LogP contribution in [0, 0.1) is 0 Å². The van der Waals surface area contributed by atoms with Crippen molar-refractivity contribution in [2.45, 2.75) is 26.0 Å². The lowest BCUT2D eigenvalue weighted by Crippen LogP contribution is -2.39. The first-order valence-electron chi connectivity index (χ1n) is 9.00. The highest BCUT2D eigenvalue weighted by atomic mass is 16.5. The summed E-state index contributed by atoms with van der Waals surface area (Å²) in [5.41, 5.74) is 2.01. The number of nitrogens with zero attached hydrogens (tertiary/aromatic N) is 2. The Morgan fingerprint density at radius 2 is 1.93 bits per heavy atom. The van der Waals surface area contributed by atoms with Gasteiger partial charge in [0.1, 0.15) is 11.5 Å². The number of pyridine rings is 1. The van der Waals surface area contributed by atoms with E-state index in [1.54, 1.807) is 31.3 Å². The molecule has 0 saturated heterocycles. The van der Waals surface area contributed by atoms with Crippen molar-refractivity contribution in [2.75, 3.05) is 14.2 Å². The van der Waals surface area contributed by atoms with Gasteiger partial charge in [0.05, 0.1) is 12.6 Å². The third kappa shape index (κ3) is 4.56. The molecule has 3 aromatic rings. The van der Waals surface area contributed by atoms with E-state index in [9.17, 15) is 4.79 Å². The predicted octanol–water partition coefficient (Wildman–Crippen LogP) is 4.06. The van der Waals surface area contributed by atoms with Gasteiger partial charge in [-0.1, -0.05) is 25.1 Å². The van der Waals surface area contributed by atoms with Crippen molar-refractivity contribution >= 4 is 16.8 Å². The van der Waals surface area contributed by atoms with Crippen molar-refractivity contribution in [3.63, 3.8) is 0 Å². The summed E-state index contributed by atoms with van der Waals surface area (Å²) in [6.45, 7) is 2.46. The smallest absolute Gasteiger partial charge is 0.263 e. The molecule has 27 heavy (non-hydrogen) atoms. The highest BCUT2D eigenvalue weighted by Gasteiger charge is 2.22. The van der Waals surface area contributed by atoms with Gasteiger partial charge in [-0.25, -0.2) is 0 Å². The van der Waals surface area contributed by atoms with Crippen molar-refractivity contribution < 1.29 is 14.3 Å². The number of rotatable bonds is 7. The Bertz CT molecular complexity index is 926. The zero-order chi connectivity index (χ0) is 19.2.